The van der Waals surface area contributed by atoms with Crippen LogP contribution in [0.3, 0.4) is 0 Å². The molecule has 0 bridgehead atoms. The SMILES string of the molecule is CC(C)c1ncoc1C(=O)N1CCC(CCCCNC(=O)c2cc3ccncc3s2)CC1.O=C(NCCC1CCN(S(=O)(=O)c2ccccc2)CC1)c1cc2cnccc2[nH]1. The van der Waals surface area contributed by atoms with E-state index in [4.69, 9.17) is 4.42 Å². The molecule has 3 amide bonds. The first kappa shape index (κ1) is 43.6. The Bertz CT molecular complexity index is 2440. The third kappa shape index (κ3) is 11.1. The number of piperidine rings is 2. The van der Waals surface area contributed by atoms with Crippen molar-refractivity contribution in [3.8, 4) is 0 Å². The van der Waals surface area contributed by atoms with Gasteiger partial charge in [0, 0.05) is 75.0 Å². The second-order valence-electron chi connectivity index (χ2n) is 16.1. The number of benzene rings is 1. The molecule has 1 aromatic carbocycles. The van der Waals surface area contributed by atoms with E-state index in [9.17, 15) is 22.8 Å². The van der Waals surface area contributed by atoms with Crippen LogP contribution in [0.5, 0.6) is 0 Å². The maximum absolute atomic E-state index is 12.8. The fourth-order valence-corrected chi connectivity index (χ4v) is 10.4. The van der Waals surface area contributed by atoms with Crippen LogP contribution in [0.25, 0.3) is 21.0 Å². The summed E-state index contributed by atoms with van der Waals surface area (Å²) in [5.41, 5.74) is 2.15. The molecule has 2 fully saturated rings. The van der Waals surface area contributed by atoms with Crippen LogP contribution >= 0.6 is 11.3 Å². The number of sulfonamides is 1. The van der Waals surface area contributed by atoms with Crippen molar-refractivity contribution in [2.45, 2.75) is 76.0 Å². The predicted octanol–water partition coefficient (Wildman–Crippen LogP) is 7.64. The molecule has 0 atom stereocenters. The number of fused-ring (bicyclic) bond motifs is 2. The third-order valence-electron chi connectivity index (χ3n) is 11.6. The number of amides is 3. The maximum atomic E-state index is 12.8. The fraction of sp³-hybridized carbons (Fsp3) is 0.422. The van der Waals surface area contributed by atoms with Gasteiger partial charge >= 0.3 is 0 Å². The highest BCUT2D eigenvalue weighted by Crippen LogP contribution is 2.28. The Morgan fingerprint density at radius 1 is 0.836 bits per heavy atom. The topological polar surface area (TPSA) is 183 Å². The first-order valence-electron chi connectivity index (χ1n) is 21.2. The number of carbonyl (C=O) groups is 3. The van der Waals surface area contributed by atoms with Gasteiger partial charge in [-0.05, 0) is 98.1 Å². The van der Waals surface area contributed by atoms with Gasteiger partial charge in [0.25, 0.3) is 17.7 Å². The standard InChI is InChI=1S/C24H30N4O3S.C21H24N4O3S/c1-16(2)21-22(31-15-27-21)24(30)28-11-7-17(8-12-28)5-3-4-9-26-23(29)19-13-18-6-10-25-14-20(18)32-19;26-21(20-14-17-15-22-10-7-19(17)24-20)23-11-6-16-8-12-25(13-9-16)29(27,28)18-4-2-1-3-5-18/h6,10,13-17H,3-5,7-9,11-12H2,1-2H3,(H,26,29);1-5,7,10,14-16,24H,6,8-9,11-13H2,(H,23,26). The van der Waals surface area contributed by atoms with Crippen molar-refractivity contribution in [1.82, 2.24) is 39.8 Å². The molecule has 6 aromatic rings. The molecule has 0 radical (unpaired) electrons. The highest BCUT2D eigenvalue weighted by Gasteiger charge is 2.30. The van der Waals surface area contributed by atoms with Gasteiger partial charge in [-0.15, -0.1) is 11.3 Å². The lowest BCUT2D eigenvalue weighted by Gasteiger charge is -2.31. The zero-order valence-electron chi connectivity index (χ0n) is 34.7. The van der Waals surface area contributed by atoms with Gasteiger partial charge in [0.1, 0.15) is 5.69 Å². The van der Waals surface area contributed by atoms with E-state index in [1.54, 1.807) is 59.4 Å². The van der Waals surface area contributed by atoms with Gasteiger partial charge in [0.15, 0.2) is 6.39 Å². The average Bonchev–Trinajstić information content (AvgIpc) is 4.06. The van der Waals surface area contributed by atoms with E-state index in [0.29, 0.717) is 54.4 Å². The molecule has 0 saturated carbocycles. The Morgan fingerprint density at radius 3 is 2.28 bits per heavy atom. The second kappa shape index (κ2) is 20.4. The molecule has 2 saturated heterocycles. The van der Waals surface area contributed by atoms with E-state index in [1.807, 2.05) is 43.0 Å². The lowest BCUT2D eigenvalue weighted by Crippen LogP contribution is -2.39. The summed E-state index contributed by atoms with van der Waals surface area (Å²) in [7, 11) is -3.41. The number of carbonyl (C=O) groups excluding carboxylic acids is 3. The molecule has 2 aliphatic heterocycles. The molecule has 16 heteroatoms. The molecular formula is C45H54N8O6S2. The maximum Gasteiger partial charge on any atom is 0.291 e. The monoisotopic (exact) mass is 866 g/mol. The highest BCUT2D eigenvalue weighted by molar-refractivity contribution is 7.89. The highest BCUT2D eigenvalue weighted by atomic mass is 32.2. The summed E-state index contributed by atoms with van der Waals surface area (Å²) in [5, 5.41) is 7.95. The van der Waals surface area contributed by atoms with Gasteiger partial charge in [0.05, 0.1) is 20.2 Å². The van der Waals surface area contributed by atoms with E-state index in [-0.39, 0.29) is 23.6 Å². The number of nitrogens with one attached hydrogen (secondary N) is 3. The lowest BCUT2D eigenvalue weighted by atomic mass is 9.91. The van der Waals surface area contributed by atoms with Gasteiger partial charge in [-0.2, -0.15) is 4.31 Å². The second-order valence-corrected chi connectivity index (χ2v) is 19.1. The zero-order chi connectivity index (χ0) is 42.8. The minimum absolute atomic E-state index is 0.00814. The van der Waals surface area contributed by atoms with Gasteiger partial charge in [0.2, 0.25) is 15.8 Å². The van der Waals surface area contributed by atoms with Crippen LogP contribution in [0, 0.1) is 11.8 Å². The average molecular weight is 867 g/mol. The Kier molecular flexibility index (Phi) is 14.6. The van der Waals surface area contributed by atoms with Crippen molar-refractivity contribution in [2.75, 3.05) is 39.3 Å². The third-order valence-corrected chi connectivity index (χ3v) is 14.6. The molecule has 0 aliphatic carbocycles. The van der Waals surface area contributed by atoms with Crippen LogP contribution in [0.1, 0.15) is 108 Å². The summed E-state index contributed by atoms with van der Waals surface area (Å²) < 4.78 is 33.4. The van der Waals surface area contributed by atoms with Gasteiger partial charge in [-0.25, -0.2) is 13.4 Å². The number of aromatic nitrogens is 4. The molecule has 61 heavy (non-hydrogen) atoms. The number of hydrogen-bond acceptors (Lipinski definition) is 10. The normalized spacial score (nSPS) is 15.5. The van der Waals surface area contributed by atoms with Crippen molar-refractivity contribution >= 4 is 60.1 Å². The van der Waals surface area contributed by atoms with Crippen LogP contribution in [-0.2, 0) is 10.0 Å². The minimum atomic E-state index is -3.41. The number of thiophene rings is 1. The number of H-pyrrole nitrogens is 1. The number of likely N-dealkylation sites (tertiary alicyclic amines) is 1. The Labute approximate surface area is 360 Å². The van der Waals surface area contributed by atoms with Crippen molar-refractivity contribution in [1.29, 1.82) is 0 Å². The molecule has 8 rings (SSSR count). The quantitative estimate of drug-likeness (QED) is 0.0927. The van der Waals surface area contributed by atoms with E-state index >= 15 is 0 Å². The number of pyridine rings is 2. The van der Waals surface area contributed by atoms with Crippen LogP contribution in [-0.4, -0.2) is 94.5 Å². The summed E-state index contributed by atoms with van der Waals surface area (Å²) in [6.45, 7) is 7.86. The molecule has 7 heterocycles. The zero-order valence-corrected chi connectivity index (χ0v) is 36.3. The van der Waals surface area contributed by atoms with Gasteiger partial charge in [-0.3, -0.25) is 24.4 Å². The van der Waals surface area contributed by atoms with Crippen molar-refractivity contribution in [3.05, 3.63) is 108 Å². The largest absolute Gasteiger partial charge is 0.438 e. The summed E-state index contributed by atoms with van der Waals surface area (Å²) in [6, 6.07) is 16.1. The number of hydrogen-bond donors (Lipinski definition) is 3. The lowest BCUT2D eigenvalue weighted by molar-refractivity contribution is 0.0651. The summed E-state index contributed by atoms with van der Waals surface area (Å²) in [4.78, 5) is 55.9. The van der Waals surface area contributed by atoms with Crippen molar-refractivity contribution in [2.24, 2.45) is 11.8 Å². The van der Waals surface area contributed by atoms with Crippen LogP contribution in [0.15, 0.2) is 95.1 Å². The summed E-state index contributed by atoms with van der Waals surface area (Å²) in [5.74, 6) is 1.42. The van der Waals surface area contributed by atoms with E-state index in [1.165, 1.54) is 17.7 Å². The summed E-state index contributed by atoms with van der Waals surface area (Å²) >= 11 is 1.48. The minimum Gasteiger partial charge on any atom is -0.438 e. The molecule has 0 spiro atoms. The Balaban J connectivity index is 0.000000185. The van der Waals surface area contributed by atoms with Gasteiger partial charge < -0.3 is 24.9 Å². The number of nitrogens with zero attached hydrogens (tertiary/aromatic N) is 5. The van der Waals surface area contributed by atoms with Crippen LogP contribution in [0.2, 0.25) is 0 Å². The predicted molar refractivity (Wildman–Crippen MR) is 236 cm³/mol. The van der Waals surface area contributed by atoms with Crippen molar-refractivity contribution < 1.29 is 27.2 Å². The number of unbranched alkanes of at least 4 members (excludes halogenated alkanes) is 1. The molecule has 0 unspecified atom stereocenters. The van der Waals surface area contributed by atoms with Crippen molar-refractivity contribution in [3.63, 3.8) is 0 Å². The van der Waals surface area contributed by atoms with Crippen LogP contribution in [0.4, 0.5) is 0 Å². The van der Waals surface area contributed by atoms with E-state index < -0.39 is 10.0 Å². The number of aromatic amines is 1. The Morgan fingerprint density at radius 2 is 1.54 bits per heavy atom. The van der Waals surface area contributed by atoms with Gasteiger partial charge in [-0.1, -0.05) is 44.9 Å². The Hall–Kier alpha value is -5.45. The summed E-state index contributed by atoms with van der Waals surface area (Å²) in [6.07, 6.45) is 16.0. The molecule has 322 valence electrons. The van der Waals surface area contributed by atoms with Crippen LogP contribution < -0.4 is 10.6 Å². The fourth-order valence-electron chi connectivity index (χ4n) is 8.00. The molecule has 5 aromatic heterocycles. The molecule has 2 aliphatic rings. The molecule has 3 N–H and O–H groups in total. The molecule has 14 nitrogen and oxygen atoms in total. The number of oxazole rings is 1. The first-order valence-corrected chi connectivity index (χ1v) is 23.4. The smallest absolute Gasteiger partial charge is 0.291 e. The van der Waals surface area contributed by atoms with E-state index in [0.717, 1.165) is 96.0 Å². The number of rotatable bonds is 14. The first-order chi connectivity index (χ1) is 29.6. The molecular weight excluding hydrogens is 813 g/mol. The van der Waals surface area contributed by atoms with E-state index in [2.05, 4.69) is 30.6 Å².